The minimum atomic E-state index is -0.168. The highest BCUT2D eigenvalue weighted by atomic mass is 16.2. The van der Waals surface area contributed by atoms with Crippen LogP contribution in [0.1, 0.15) is 42.2 Å². The number of hydrogen-bond donors (Lipinski definition) is 2. The van der Waals surface area contributed by atoms with Crippen molar-refractivity contribution in [3.8, 4) is 0 Å². The Kier molecular flexibility index (Phi) is 4.22. The van der Waals surface area contributed by atoms with Crippen LogP contribution in [0.2, 0.25) is 0 Å². The van der Waals surface area contributed by atoms with E-state index in [9.17, 15) is 9.59 Å². The van der Waals surface area contributed by atoms with Gasteiger partial charge in [0.1, 0.15) is 5.82 Å². The van der Waals surface area contributed by atoms with Crippen LogP contribution in [-0.4, -0.2) is 41.3 Å². The van der Waals surface area contributed by atoms with Crippen molar-refractivity contribution >= 4 is 17.6 Å². The lowest BCUT2D eigenvalue weighted by molar-refractivity contribution is -0.121. The lowest BCUT2D eigenvalue weighted by Gasteiger charge is -2.19. The van der Waals surface area contributed by atoms with Crippen molar-refractivity contribution in [2.75, 3.05) is 25.4 Å². The summed E-state index contributed by atoms with van der Waals surface area (Å²) in [4.78, 5) is 29.8. The number of nitrogens with zero attached hydrogens (tertiary/aromatic N) is 2. The van der Waals surface area contributed by atoms with Gasteiger partial charge in [0.25, 0.3) is 5.91 Å². The smallest absolute Gasteiger partial charge is 0.254 e. The molecule has 108 valence electrons. The van der Waals surface area contributed by atoms with Crippen molar-refractivity contribution in [3.05, 3.63) is 23.4 Å². The van der Waals surface area contributed by atoms with Gasteiger partial charge in [-0.15, -0.1) is 0 Å². The van der Waals surface area contributed by atoms with Gasteiger partial charge in [-0.25, -0.2) is 4.98 Å². The summed E-state index contributed by atoms with van der Waals surface area (Å²) in [5.41, 5.74) is 7.04. The minimum Gasteiger partial charge on any atom is -0.384 e. The number of nitrogens with one attached hydrogen (secondary N) is 1. The number of hydrogen-bond acceptors (Lipinski definition) is 4. The molecular weight excluding hydrogens is 256 g/mol. The third-order valence-electron chi connectivity index (χ3n) is 3.25. The molecule has 3 N–H and O–H groups in total. The molecule has 6 nitrogen and oxygen atoms in total. The number of aromatic nitrogens is 1. The monoisotopic (exact) mass is 276 g/mol. The van der Waals surface area contributed by atoms with E-state index in [1.54, 1.807) is 17.0 Å². The van der Waals surface area contributed by atoms with Gasteiger partial charge in [0.05, 0.1) is 6.54 Å². The van der Waals surface area contributed by atoms with Crippen LogP contribution in [0.5, 0.6) is 0 Å². The molecule has 0 unspecified atom stereocenters. The first-order chi connectivity index (χ1) is 9.47. The SMILES string of the molecule is CC(C)c1cc(C(=O)N2CCCNC(=O)C2)cc(N)n1. The lowest BCUT2D eigenvalue weighted by atomic mass is 10.1. The predicted octanol–water partition coefficient (Wildman–Crippen LogP) is 0.749. The molecule has 1 fully saturated rings. The summed E-state index contributed by atoms with van der Waals surface area (Å²) in [7, 11) is 0. The van der Waals surface area contributed by atoms with Crippen LogP contribution in [0.3, 0.4) is 0 Å². The number of nitrogens with two attached hydrogens (primary N) is 1. The minimum absolute atomic E-state index is 0.0953. The summed E-state index contributed by atoms with van der Waals surface area (Å²) in [5, 5.41) is 2.75. The van der Waals surface area contributed by atoms with Crippen molar-refractivity contribution in [2.45, 2.75) is 26.2 Å². The second-order valence-corrected chi connectivity index (χ2v) is 5.29. The number of amides is 2. The fourth-order valence-electron chi connectivity index (χ4n) is 2.16. The second kappa shape index (κ2) is 5.90. The van der Waals surface area contributed by atoms with Gasteiger partial charge in [0, 0.05) is 24.3 Å². The van der Waals surface area contributed by atoms with E-state index in [0.717, 1.165) is 12.1 Å². The fraction of sp³-hybridized carbons (Fsp3) is 0.500. The van der Waals surface area contributed by atoms with Crippen LogP contribution in [-0.2, 0) is 4.79 Å². The Balaban J connectivity index is 2.25. The van der Waals surface area contributed by atoms with Gasteiger partial charge >= 0.3 is 0 Å². The van der Waals surface area contributed by atoms with Crippen molar-refractivity contribution < 1.29 is 9.59 Å². The highest BCUT2D eigenvalue weighted by molar-refractivity contribution is 5.97. The molecule has 0 atom stereocenters. The molecule has 2 amide bonds. The molecule has 0 bridgehead atoms. The van der Waals surface area contributed by atoms with Crippen molar-refractivity contribution in [1.29, 1.82) is 0 Å². The molecule has 2 rings (SSSR count). The van der Waals surface area contributed by atoms with Gasteiger partial charge < -0.3 is 16.0 Å². The van der Waals surface area contributed by atoms with Crippen LogP contribution in [0.25, 0.3) is 0 Å². The summed E-state index contributed by atoms with van der Waals surface area (Å²) in [6.07, 6.45) is 0.759. The first-order valence-corrected chi connectivity index (χ1v) is 6.81. The second-order valence-electron chi connectivity index (χ2n) is 5.29. The highest BCUT2D eigenvalue weighted by Gasteiger charge is 2.22. The zero-order valence-electron chi connectivity index (χ0n) is 11.8. The summed E-state index contributed by atoms with van der Waals surface area (Å²) < 4.78 is 0. The molecule has 1 saturated heterocycles. The molecule has 1 aromatic heterocycles. The van der Waals surface area contributed by atoms with Gasteiger partial charge in [-0.2, -0.15) is 0 Å². The third kappa shape index (κ3) is 3.26. The quantitative estimate of drug-likeness (QED) is 0.834. The van der Waals surface area contributed by atoms with E-state index >= 15 is 0 Å². The van der Waals surface area contributed by atoms with Crippen molar-refractivity contribution in [3.63, 3.8) is 0 Å². The van der Waals surface area contributed by atoms with Gasteiger partial charge in [-0.05, 0) is 24.5 Å². The maximum absolute atomic E-state index is 12.5. The van der Waals surface area contributed by atoms with E-state index in [1.165, 1.54) is 0 Å². The predicted molar refractivity (Wildman–Crippen MR) is 76.3 cm³/mol. The molecule has 1 aromatic rings. The number of pyridine rings is 1. The summed E-state index contributed by atoms with van der Waals surface area (Å²) >= 11 is 0. The molecule has 0 aromatic carbocycles. The maximum atomic E-state index is 12.5. The highest BCUT2D eigenvalue weighted by Crippen LogP contribution is 2.17. The Bertz CT molecular complexity index is 528. The van der Waals surface area contributed by atoms with Crippen LogP contribution in [0, 0.1) is 0 Å². The molecule has 0 spiro atoms. The molecule has 20 heavy (non-hydrogen) atoms. The molecule has 0 saturated carbocycles. The summed E-state index contributed by atoms with van der Waals surface area (Å²) in [5.74, 6) is 0.233. The summed E-state index contributed by atoms with van der Waals surface area (Å²) in [6.45, 7) is 5.26. The first-order valence-electron chi connectivity index (χ1n) is 6.81. The third-order valence-corrected chi connectivity index (χ3v) is 3.25. The largest absolute Gasteiger partial charge is 0.384 e. The number of anilines is 1. The number of nitrogen functional groups attached to an aromatic ring is 1. The van der Waals surface area contributed by atoms with Crippen LogP contribution >= 0.6 is 0 Å². The van der Waals surface area contributed by atoms with Gasteiger partial charge in [0.2, 0.25) is 5.91 Å². The van der Waals surface area contributed by atoms with E-state index in [4.69, 9.17) is 5.73 Å². The topological polar surface area (TPSA) is 88.3 Å². The van der Waals surface area contributed by atoms with Gasteiger partial charge in [-0.3, -0.25) is 9.59 Å². The molecular formula is C14H20N4O2. The maximum Gasteiger partial charge on any atom is 0.254 e. The van der Waals surface area contributed by atoms with Crippen LogP contribution in [0.4, 0.5) is 5.82 Å². The van der Waals surface area contributed by atoms with Crippen molar-refractivity contribution in [2.24, 2.45) is 0 Å². The van der Waals surface area contributed by atoms with E-state index in [0.29, 0.717) is 24.5 Å². The lowest BCUT2D eigenvalue weighted by Crippen LogP contribution is -2.37. The van der Waals surface area contributed by atoms with E-state index < -0.39 is 0 Å². The van der Waals surface area contributed by atoms with E-state index in [2.05, 4.69) is 10.3 Å². The Hall–Kier alpha value is -2.11. The molecule has 0 aliphatic carbocycles. The standard InChI is InChI=1S/C14H20N4O2/c1-9(2)11-6-10(7-12(15)17-11)14(20)18-5-3-4-16-13(19)8-18/h6-7,9H,3-5,8H2,1-2H3,(H2,15,17)(H,16,19). The fourth-order valence-corrected chi connectivity index (χ4v) is 2.16. The Morgan fingerprint density at radius 3 is 2.90 bits per heavy atom. The van der Waals surface area contributed by atoms with E-state index in [-0.39, 0.29) is 24.3 Å². The molecule has 0 radical (unpaired) electrons. The van der Waals surface area contributed by atoms with Gasteiger partial charge in [-0.1, -0.05) is 13.8 Å². The zero-order valence-corrected chi connectivity index (χ0v) is 11.8. The Morgan fingerprint density at radius 1 is 1.45 bits per heavy atom. The molecule has 1 aliphatic rings. The molecule has 2 heterocycles. The molecule has 1 aliphatic heterocycles. The number of rotatable bonds is 2. The first kappa shape index (κ1) is 14.3. The zero-order chi connectivity index (χ0) is 14.7. The van der Waals surface area contributed by atoms with E-state index in [1.807, 2.05) is 13.8 Å². The Labute approximate surface area is 118 Å². The van der Waals surface area contributed by atoms with Crippen molar-refractivity contribution in [1.82, 2.24) is 15.2 Å². The molecule has 6 heteroatoms. The average molecular weight is 276 g/mol. The van der Waals surface area contributed by atoms with Crippen LogP contribution in [0.15, 0.2) is 12.1 Å². The number of carbonyl (C=O) groups excluding carboxylic acids is 2. The Morgan fingerprint density at radius 2 is 2.20 bits per heavy atom. The summed E-state index contributed by atoms with van der Waals surface area (Å²) in [6, 6.07) is 3.32. The van der Waals surface area contributed by atoms with Gasteiger partial charge in [0.15, 0.2) is 0 Å². The van der Waals surface area contributed by atoms with Crippen LogP contribution < -0.4 is 11.1 Å². The number of carbonyl (C=O) groups is 2. The average Bonchev–Trinajstić information content (AvgIpc) is 2.61. The normalized spacial score (nSPS) is 15.9.